The van der Waals surface area contributed by atoms with Gasteiger partial charge < -0.3 is 15.6 Å². The first-order valence-electron chi connectivity index (χ1n) is 11.8. The standard InChI is InChI=1S/C24H40BrN3O3/c1-3-5-11-27(12-14-29)13-15-31-24(30)19-16-20(23(26)22(25)17-19)18-28(4-2)21-9-7-6-8-10-21/h16-17,21,29H,3-15,18,26H2,1-2H3. The molecule has 6 nitrogen and oxygen atoms in total. The Bertz CT molecular complexity index is 680. The van der Waals surface area contributed by atoms with Crippen LogP contribution < -0.4 is 5.73 Å². The molecule has 1 saturated carbocycles. The third kappa shape index (κ3) is 8.37. The lowest BCUT2D eigenvalue weighted by atomic mass is 9.93. The zero-order valence-corrected chi connectivity index (χ0v) is 20.8. The molecule has 2 rings (SSSR count). The van der Waals surface area contributed by atoms with Gasteiger partial charge in [-0.3, -0.25) is 9.80 Å². The Morgan fingerprint density at radius 1 is 1.19 bits per heavy atom. The van der Waals surface area contributed by atoms with Crippen LogP contribution in [0.5, 0.6) is 0 Å². The van der Waals surface area contributed by atoms with E-state index in [0.29, 0.717) is 37.0 Å². The van der Waals surface area contributed by atoms with Crippen LogP contribution in [0.4, 0.5) is 5.69 Å². The monoisotopic (exact) mass is 497 g/mol. The minimum absolute atomic E-state index is 0.112. The minimum atomic E-state index is -0.331. The summed E-state index contributed by atoms with van der Waals surface area (Å²) in [4.78, 5) is 17.3. The Balaban J connectivity index is 2.00. The number of ether oxygens (including phenoxy) is 1. The lowest BCUT2D eigenvalue weighted by Gasteiger charge is -2.34. The zero-order chi connectivity index (χ0) is 22.6. The topological polar surface area (TPSA) is 79.0 Å². The molecule has 0 aliphatic heterocycles. The molecule has 31 heavy (non-hydrogen) atoms. The molecular weight excluding hydrogens is 458 g/mol. The molecule has 0 unspecified atom stereocenters. The number of anilines is 1. The fraction of sp³-hybridized carbons (Fsp3) is 0.708. The summed E-state index contributed by atoms with van der Waals surface area (Å²) < 4.78 is 6.28. The van der Waals surface area contributed by atoms with Gasteiger partial charge in [-0.25, -0.2) is 4.79 Å². The Morgan fingerprint density at radius 3 is 2.58 bits per heavy atom. The van der Waals surface area contributed by atoms with Crippen LogP contribution in [-0.4, -0.2) is 66.3 Å². The van der Waals surface area contributed by atoms with Crippen LogP contribution in [0, 0.1) is 0 Å². The molecule has 0 aromatic heterocycles. The average Bonchev–Trinajstić information content (AvgIpc) is 2.78. The fourth-order valence-corrected chi connectivity index (χ4v) is 4.80. The molecule has 1 fully saturated rings. The molecule has 0 amide bonds. The number of aliphatic hydroxyl groups is 1. The maximum Gasteiger partial charge on any atom is 0.338 e. The van der Waals surface area contributed by atoms with Gasteiger partial charge in [0.2, 0.25) is 0 Å². The summed E-state index contributed by atoms with van der Waals surface area (Å²) in [5.41, 5.74) is 8.54. The van der Waals surface area contributed by atoms with Crippen molar-refractivity contribution in [2.24, 2.45) is 0 Å². The molecule has 0 radical (unpaired) electrons. The van der Waals surface area contributed by atoms with Crippen LogP contribution in [0.3, 0.4) is 0 Å². The van der Waals surface area contributed by atoms with Crippen molar-refractivity contribution >= 4 is 27.6 Å². The van der Waals surface area contributed by atoms with Crippen molar-refractivity contribution in [3.63, 3.8) is 0 Å². The first-order chi connectivity index (χ1) is 15.0. The highest BCUT2D eigenvalue weighted by Gasteiger charge is 2.22. The van der Waals surface area contributed by atoms with Gasteiger partial charge in [0.25, 0.3) is 0 Å². The molecular formula is C24H40BrN3O3. The van der Waals surface area contributed by atoms with Crippen molar-refractivity contribution in [3.05, 3.63) is 27.7 Å². The van der Waals surface area contributed by atoms with Crippen LogP contribution in [0.1, 0.15) is 74.7 Å². The number of benzene rings is 1. The number of unbranched alkanes of at least 4 members (excludes halogenated alkanes) is 1. The number of nitrogen functional groups attached to an aromatic ring is 1. The second kappa shape index (κ2) is 14.1. The summed E-state index contributed by atoms with van der Waals surface area (Å²) in [5.74, 6) is -0.331. The van der Waals surface area contributed by atoms with Crippen LogP contribution in [0.25, 0.3) is 0 Å². The van der Waals surface area contributed by atoms with E-state index < -0.39 is 0 Å². The number of carbonyl (C=O) groups is 1. The smallest absolute Gasteiger partial charge is 0.338 e. The van der Waals surface area contributed by atoms with E-state index in [-0.39, 0.29) is 12.6 Å². The van der Waals surface area contributed by atoms with Gasteiger partial charge in [0, 0.05) is 30.1 Å². The molecule has 7 heteroatoms. The van der Waals surface area contributed by atoms with E-state index in [9.17, 15) is 9.90 Å². The molecule has 0 spiro atoms. The summed E-state index contributed by atoms with van der Waals surface area (Å²) in [6, 6.07) is 4.23. The number of halogens is 1. The van der Waals surface area contributed by atoms with E-state index in [2.05, 4.69) is 39.6 Å². The molecule has 0 atom stereocenters. The van der Waals surface area contributed by atoms with Gasteiger partial charge in [0.15, 0.2) is 0 Å². The number of nitrogens with two attached hydrogens (primary N) is 1. The second-order valence-corrected chi connectivity index (χ2v) is 9.29. The summed E-state index contributed by atoms with van der Waals surface area (Å²) >= 11 is 3.53. The first-order valence-corrected chi connectivity index (χ1v) is 12.6. The van der Waals surface area contributed by atoms with Crippen molar-refractivity contribution in [2.75, 3.05) is 45.1 Å². The second-order valence-electron chi connectivity index (χ2n) is 8.44. The lowest BCUT2D eigenvalue weighted by molar-refractivity contribution is 0.0452. The molecule has 1 aromatic rings. The molecule has 1 aromatic carbocycles. The number of aliphatic hydroxyl groups excluding tert-OH is 1. The molecule has 1 aliphatic carbocycles. The number of rotatable bonds is 13. The van der Waals surface area contributed by atoms with Crippen LogP contribution in [0.2, 0.25) is 0 Å². The predicted molar refractivity (Wildman–Crippen MR) is 130 cm³/mol. The normalized spacial score (nSPS) is 15.0. The number of nitrogens with zero attached hydrogens (tertiary/aromatic N) is 2. The molecule has 3 N–H and O–H groups in total. The number of hydrogen-bond donors (Lipinski definition) is 2. The molecule has 0 heterocycles. The van der Waals surface area contributed by atoms with Gasteiger partial charge in [-0.15, -0.1) is 0 Å². The van der Waals surface area contributed by atoms with Gasteiger partial charge in [-0.05, 0) is 66.0 Å². The highest BCUT2D eigenvalue weighted by molar-refractivity contribution is 9.10. The summed E-state index contributed by atoms with van der Waals surface area (Å²) in [6.45, 7) is 8.59. The SMILES string of the molecule is CCCCN(CCO)CCOC(=O)c1cc(Br)c(N)c(CN(CC)C2CCCCC2)c1. The molecule has 1 aliphatic rings. The summed E-state index contributed by atoms with van der Waals surface area (Å²) in [6.07, 6.45) is 8.54. The van der Waals surface area contributed by atoms with Crippen molar-refractivity contribution < 1.29 is 14.6 Å². The Kier molecular flexibility index (Phi) is 11.9. The van der Waals surface area contributed by atoms with E-state index in [1.807, 2.05) is 6.07 Å². The van der Waals surface area contributed by atoms with Crippen molar-refractivity contribution in [1.29, 1.82) is 0 Å². The molecule has 0 bridgehead atoms. The highest BCUT2D eigenvalue weighted by Crippen LogP contribution is 2.30. The summed E-state index contributed by atoms with van der Waals surface area (Å²) in [7, 11) is 0. The Morgan fingerprint density at radius 2 is 1.94 bits per heavy atom. The van der Waals surface area contributed by atoms with Crippen molar-refractivity contribution in [1.82, 2.24) is 9.80 Å². The van der Waals surface area contributed by atoms with Gasteiger partial charge in [-0.1, -0.05) is 39.5 Å². The van der Waals surface area contributed by atoms with Gasteiger partial charge in [0.05, 0.1) is 17.9 Å². The zero-order valence-electron chi connectivity index (χ0n) is 19.2. The largest absolute Gasteiger partial charge is 0.461 e. The summed E-state index contributed by atoms with van der Waals surface area (Å²) in [5, 5.41) is 9.23. The van der Waals surface area contributed by atoms with E-state index >= 15 is 0 Å². The van der Waals surface area contributed by atoms with Gasteiger partial charge in [0.1, 0.15) is 6.61 Å². The maximum atomic E-state index is 12.7. The Hall–Kier alpha value is -1.15. The van der Waals surface area contributed by atoms with E-state index in [1.165, 1.54) is 32.1 Å². The third-order valence-corrected chi connectivity index (χ3v) is 6.86. The van der Waals surface area contributed by atoms with Crippen molar-refractivity contribution in [2.45, 2.75) is 71.4 Å². The fourth-order valence-electron chi connectivity index (χ4n) is 4.30. The van der Waals surface area contributed by atoms with Gasteiger partial charge in [-0.2, -0.15) is 0 Å². The maximum absolute atomic E-state index is 12.7. The predicted octanol–water partition coefficient (Wildman–Crippen LogP) is 4.44. The minimum Gasteiger partial charge on any atom is -0.461 e. The number of carbonyl (C=O) groups excluding carboxylic acids is 1. The van der Waals surface area contributed by atoms with Gasteiger partial charge >= 0.3 is 5.97 Å². The number of hydrogen-bond acceptors (Lipinski definition) is 6. The van der Waals surface area contributed by atoms with Crippen LogP contribution in [0.15, 0.2) is 16.6 Å². The quantitative estimate of drug-likeness (QED) is 0.309. The third-order valence-electron chi connectivity index (χ3n) is 6.21. The number of esters is 1. The van der Waals surface area contributed by atoms with Crippen molar-refractivity contribution in [3.8, 4) is 0 Å². The highest BCUT2D eigenvalue weighted by atomic mass is 79.9. The van der Waals surface area contributed by atoms with E-state index in [4.69, 9.17) is 10.5 Å². The lowest BCUT2D eigenvalue weighted by Crippen LogP contribution is -2.36. The average molecular weight is 499 g/mol. The Labute approximate surface area is 196 Å². The van der Waals surface area contributed by atoms with E-state index in [0.717, 1.165) is 42.5 Å². The van der Waals surface area contributed by atoms with E-state index in [1.54, 1.807) is 6.07 Å². The van der Waals surface area contributed by atoms with Crippen LogP contribution >= 0.6 is 15.9 Å². The molecule has 0 saturated heterocycles. The van der Waals surface area contributed by atoms with Crippen LogP contribution in [-0.2, 0) is 11.3 Å². The molecule has 176 valence electrons. The first kappa shape index (κ1) is 26.1.